The Kier molecular flexibility index (Phi) is 6.97. The number of furan rings is 1. The molecule has 1 aliphatic rings. The van der Waals surface area contributed by atoms with Crippen LogP contribution in [0.2, 0.25) is 0 Å². The molecule has 1 aliphatic heterocycles. The molecule has 3 rings (SSSR count). The predicted octanol–water partition coefficient (Wildman–Crippen LogP) is 2.11. The number of amides is 1. The van der Waals surface area contributed by atoms with Gasteiger partial charge in [0, 0.05) is 25.2 Å². The highest BCUT2D eigenvalue weighted by Crippen LogP contribution is 2.22. The van der Waals surface area contributed by atoms with Crippen molar-refractivity contribution in [3.8, 4) is 0 Å². The Hall–Kier alpha value is -2.20. The van der Waals surface area contributed by atoms with Crippen LogP contribution in [-0.4, -0.2) is 69.5 Å². The fraction of sp³-hybridized carbons (Fsp3) is 0.476. The second kappa shape index (κ2) is 9.30. The predicted molar refractivity (Wildman–Crippen MR) is 113 cm³/mol. The monoisotopic (exact) mass is 435 g/mol. The maximum atomic E-state index is 13.1. The SMILES string of the molecule is C[C@@H]1CN(S(=O)(=O)c2cccc(C(=O)NC[C@@H](c3ccco3)N(C)C)c2)C[C@@H](C)O1. The average Bonchev–Trinajstić information content (AvgIpc) is 3.21. The molecule has 164 valence electrons. The molecule has 0 radical (unpaired) electrons. The number of hydrogen-bond donors (Lipinski definition) is 1. The minimum absolute atomic E-state index is 0.103. The van der Waals surface area contributed by atoms with Crippen LogP contribution in [0.25, 0.3) is 0 Å². The number of morpholine rings is 1. The topological polar surface area (TPSA) is 92.1 Å². The molecule has 0 unspecified atom stereocenters. The minimum Gasteiger partial charge on any atom is -0.468 e. The van der Waals surface area contributed by atoms with Crippen molar-refractivity contribution in [2.24, 2.45) is 0 Å². The molecular weight excluding hydrogens is 406 g/mol. The summed E-state index contributed by atoms with van der Waals surface area (Å²) in [5.74, 6) is 0.404. The Morgan fingerprint density at radius 1 is 1.20 bits per heavy atom. The van der Waals surface area contributed by atoms with Gasteiger partial charge in [-0.2, -0.15) is 4.31 Å². The van der Waals surface area contributed by atoms with E-state index < -0.39 is 10.0 Å². The third-order valence-electron chi connectivity index (χ3n) is 5.07. The van der Waals surface area contributed by atoms with Gasteiger partial charge in [-0.1, -0.05) is 6.07 Å². The van der Waals surface area contributed by atoms with Gasteiger partial charge in [-0.3, -0.25) is 9.69 Å². The quantitative estimate of drug-likeness (QED) is 0.716. The number of likely N-dealkylation sites (N-methyl/N-ethyl adjacent to an activating group) is 1. The lowest BCUT2D eigenvalue weighted by atomic mass is 10.2. The van der Waals surface area contributed by atoms with E-state index in [0.717, 1.165) is 5.76 Å². The fourth-order valence-corrected chi connectivity index (χ4v) is 5.22. The number of carbonyl (C=O) groups is 1. The second-order valence-electron chi connectivity index (χ2n) is 7.81. The highest BCUT2D eigenvalue weighted by Gasteiger charge is 2.32. The molecule has 2 aromatic rings. The molecule has 0 spiro atoms. The molecular formula is C21H29N3O5S. The van der Waals surface area contributed by atoms with Crippen molar-refractivity contribution in [2.45, 2.75) is 37.0 Å². The molecule has 0 saturated carbocycles. The first kappa shape index (κ1) is 22.5. The first-order valence-electron chi connectivity index (χ1n) is 9.92. The molecule has 3 atom stereocenters. The van der Waals surface area contributed by atoms with Gasteiger partial charge in [-0.25, -0.2) is 8.42 Å². The van der Waals surface area contributed by atoms with Crippen molar-refractivity contribution in [3.05, 3.63) is 54.0 Å². The summed E-state index contributed by atoms with van der Waals surface area (Å²) < 4.78 is 38.7. The van der Waals surface area contributed by atoms with Gasteiger partial charge in [-0.15, -0.1) is 0 Å². The summed E-state index contributed by atoms with van der Waals surface area (Å²) in [4.78, 5) is 14.8. The lowest BCUT2D eigenvalue weighted by molar-refractivity contribution is -0.0440. The summed E-state index contributed by atoms with van der Waals surface area (Å²) in [6, 6.07) is 9.66. The number of rotatable bonds is 7. The standard InChI is InChI=1S/C21H29N3O5S/c1-15-13-24(14-16(2)29-15)30(26,27)18-8-5-7-17(11-18)21(25)22-12-19(23(3)4)20-9-6-10-28-20/h5-11,15-16,19H,12-14H2,1-4H3,(H,22,25)/t15-,16-,19+/m1/s1. The zero-order valence-corrected chi connectivity index (χ0v) is 18.6. The Bertz CT molecular complexity index is 949. The van der Waals surface area contributed by atoms with E-state index in [-0.39, 0.29) is 42.1 Å². The summed E-state index contributed by atoms with van der Waals surface area (Å²) in [6.45, 7) is 4.60. The van der Waals surface area contributed by atoms with E-state index in [9.17, 15) is 13.2 Å². The van der Waals surface area contributed by atoms with Crippen LogP contribution in [0.1, 0.15) is 36.0 Å². The molecule has 0 aliphatic carbocycles. The smallest absolute Gasteiger partial charge is 0.251 e. The molecule has 1 aromatic carbocycles. The third kappa shape index (κ3) is 5.10. The molecule has 1 fully saturated rings. The van der Waals surface area contributed by atoms with E-state index in [1.54, 1.807) is 24.5 Å². The molecule has 1 aromatic heterocycles. The van der Waals surface area contributed by atoms with Crippen LogP contribution in [0.5, 0.6) is 0 Å². The zero-order chi connectivity index (χ0) is 21.9. The van der Waals surface area contributed by atoms with Crippen molar-refractivity contribution in [2.75, 3.05) is 33.7 Å². The Morgan fingerprint density at radius 3 is 2.50 bits per heavy atom. The van der Waals surface area contributed by atoms with E-state index >= 15 is 0 Å². The lowest BCUT2D eigenvalue weighted by Gasteiger charge is -2.34. The van der Waals surface area contributed by atoms with Crippen molar-refractivity contribution in [1.29, 1.82) is 0 Å². The van der Waals surface area contributed by atoms with Crippen LogP contribution in [0, 0.1) is 0 Å². The highest BCUT2D eigenvalue weighted by atomic mass is 32.2. The maximum Gasteiger partial charge on any atom is 0.251 e. The summed E-state index contributed by atoms with van der Waals surface area (Å²) in [7, 11) is 0.0854. The van der Waals surface area contributed by atoms with Crippen LogP contribution in [0.3, 0.4) is 0 Å². The summed E-state index contributed by atoms with van der Waals surface area (Å²) in [5.41, 5.74) is 0.294. The van der Waals surface area contributed by atoms with Gasteiger partial charge in [0.25, 0.3) is 5.91 Å². The van der Waals surface area contributed by atoms with Crippen molar-refractivity contribution in [3.63, 3.8) is 0 Å². The van der Waals surface area contributed by atoms with Crippen molar-refractivity contribution in [1.82, 2.24) is 14.5 Å². The van der Waals surface area contributed by atoms with Gasteiger partial charge in [0.2, 0.25) is 10.0 Å². The van der Waals surface area contributed by atoms with Crippen LogP contribution in [-0.2, 0) is 14.8 Å². The Morgan fingerprint density at radius 2 is 1.90 bits per heavy atom. The average molecular weight is 436 g/mol. The van der Waals surface area contributed by atoms with Crippen molar-refractivity contribution < 1.29 is 22.4 Å². The molecule has 8 nitrogen and oxygen atoms in total. The molecule has 30 heavy (non-hydrogen) atoms. The minimum atomic E-state index is -3.71. The number of sulfonamides is 1. The summed E-state index contributed by atoms with van der Waals surface area (Å²) in [6.07, 6.45) is 1.23. The van der Waals surface area contributed by atoms with Gasteiger partial charge < -0.3 is 14.5 Å². The summed E-state index contributed by atoms with van der Waals surface area (Å²) in [5, 5.41) is 2.87. The number of hydrogen-bond acceptors (Lipinski definition) is 6. The molecule has 2 heterocycles. The van der Waals surface area contributed by atoms with Gasteiger partial charge in [0.05, 0.1) is 29.4 Å². The molecule has 1 N–H and O–H groups in total. The Balaban J connectivity index is 1.73. The van der Waals surface area contributed by atoms with Gasteiger partial charge in [0.15, 0.2) is 0 Å². The second-order valence-corrected chi connectivity index (χ2v) is 9.75. The van der Waals surface area contributed by atoms with Gasteiger partial charge >= 0.3 is 0 Å². The Labute approximate surface area is 177 Å². The fourth-order valence-electron chi connectivity index (χ4n) is 3.58. The van der Waals surface area contributed by atoms with E-state index in [0.29, 0.717) is 12.1 Å². The molecule has 0 bridgehead atoms. The largest absolute Gasteiger partial charge is 0.468 e. The lowest BCUT2D eigenvalue weighted by Crippen LogP contribution is -2.48. The number of carbonyl (C=O) groups excluding carboxylic acids is 1. The van der Waals surface area contributed by atoms with E-state index in [2.05, 4.69) is 5.32 Å². The van der Waals surface area contributed by atoms with Gasteiger partial charge in [-0.05, 0) is 58.3 Å². The third-order valence-corrected chi connectivity index (χ3v) is 6.90. The summed E-state index contributed by atoms with van der Waals surface area (Å²) >= 11 is 0. The first-order chi connectivity index (χ1) is 14.2. The van der Waals surface area contributed by atoms with Crippen molar-refractivity contribution >= 4 is 15.9 Å². The zero-order valence-electron chi connectivity index (χ0n) is 17.7. The number of ether oxygens (including phenoxy) is 1. The number of benzene rings is 1. The van der Waals surface area contributed by atoms with E-state index in [1.165, 1.54) is 16.4 Å². The van der Waals surface area contributed by atoms with Crippen LogP contribution < -0.4 is 5.32 Å². The van der Waals surface area contributed by atoms with Gasteiger partial charge in [0.1, 0.15) is 5.76 Å². The van der Waals surface area contributed by atoms with E-state index in [1.807, 2.05) is 38.9 Å². The molecule has 9 heteroatoms. The van der Waals surface area contributed by atoms with Crippen LogP contribution >= 0.6 is 0 Å². The normalized spacial score (nSPS) is 21.5. The first-order valence-corrected chi connectivity index (χ1v) is 11.4. The maximum absolute atomic E-state index is 13.1. The van der Waals surface area contributed by atoms with Crippen LogP contribution in [0.15, 0.2) is 52.0 Å². The molecule has 1 amide bonds. The molecule has 1 saturated heterocycles. The van der Waals surface area contributed by atoms with Crippen LogP contribution in [0.4, 0.5) is 0 Å². The number of nitrogens with zero attached hydrogens (tertiary/aromatic N) is 2. The highest BCUT2D eigenvalue weighted by molar-refractivity contribution is 7.89. The van der Waals surface area contributed by atoms with E-state index in [4.69, 9.17) is 9.15 Å². The number of nitrogens with one attached hydrogen (secondary N) is 1.